The van der Waals surface area contributed by atoms with E-state index in [2.05, 4.69) is 27.9 Å². The van der Waals surface area contributed by atoms with Crippen LogP contribution in [0.5, 0.6) is 0 Å². The molecule has 0 unspecified atom stereocenters. The Morgan fingerprint density at radius 3 is 2.81 bits per heavy atom. The van der Waals surface area contributed by atoms with Crippen molar-refractivity contribution < 1.29 is 4.79 Å². The second-order valence-electron chi connectivity index (χ2n) is 6.56. The number of benzene rings is 1. The second kappa shape index (κ2) is 9.07. The Bertz CT molecular complexity index is 764. The lowest BCUT2D eigenvalue weighted by Gasteiger charge is -2.32. The van der Waals surface area contributed by atoms with Gasteiger partial charge in [0.25, 0.3) is 0 Å². The molecule has 2 aromatic rings. The van der Waals surface area contributed by atoms with Crippen LogP contribution in [0.4, 0.5) is 4.79 Å². The number of amides is 2. The van der Waals surface area contributed by atoms with E-state index in [4.69, 9.17) is 10.7 Å². The molecule has 144 valence electrons. The number of guanidine groups is 1. The van der Waals surface area contributed by atoms with Crippen molar-refractivity contribution in [3.63, 3.8) is 0 Å². The first kappa shape index (κ1) is 18.8. The number of primary amides is 1. The largest absolute Gasteiger partial charge is 0.357 e. The van der Waals surface area contributed by atoms with E-state index in [1.54, 1.807) is 11.1 Å². The zero-order chi connectivity index (χ0) is 19.1. The Kier molecular flexibility index (Phi) is 6.30. The maximum atomic E-state index is 11.2. The average Bonchev–Trinajstić information content (AvgIpc) is 3.22. The van der Waals surface area contributed by atoms with Crippen molar-refractivity contribution in [1.82, 2.24) is 25.3 Å². The van der Waals surface area contributed by atoms with Gasteiger partial charge >= 0.3 is 6.03 Å². The maximum Gasteiger partial charge on any atom is 0.314 e. The SMILES string of the molecule is CCNC(=NCc1cccc(-n2cccn2)c1)NC1CCN(C(N)=O)CC1. The number of carbonyl (C=O) groups excluding carboxylic acids is 1. The van der Waals surface area contributed by atoms with Crippen molar-refractivity contribution in [2.75, 3.05) is 19.6 Å². The minimum absolute atomic E-state index is 0.286. The molecule has 1 fully saturated rings. The van der Waals surface area contributed by atoms with Gasteiger partial charge in [-0.1, -0.05) is 12.1 Å². The number of rotatable bonds is 5. The summed E-state index contributed by atoms with van der Waals surface area (Å²) in [6.45, 7) is 4.77. The van der Waals surface area contributed by atoms with Crippen LogP contribution in [-0.4, -0.2) is 52.3 Å². The van der Waals surface area contributed by atoms with E-state index < -0.39 is 0 Å². The minimum atomic E-state index is -0.342. The van der Waals surface area contributed by atoms with E-state index in [-0.39, 0.29) is 12.1 Å². The molecule has 1 aromatic carbocycles. The van der Waals surface area contributed by atoms with Gasteiger partial charge in [0.15, 0.2) is 5.96 Å². The summed E-state index contributed by atoms with van der Waals surface area (Å²) in [7, 11) is 0. The van der Waals surface area contributed by atoms with Gasteiger partial charge in [-0.3, -0.25) is 0 Å². The number of hydrogen-bond donors (Lipinski definition) is 3. The highest BCUT2D eigenvalue weighted by Gasteiger charge is 2.21. The zero-order valence-electron chi connectivity index (χ0n) is 15.6. The standard InChI is InChI=1S/C19H27N7O/c1-2-21-19(24-16-7-11-25(12-8-16)18(20)27)22-14-15-5-3-6-17(13-15)26-10-4-9-23-26/h3-6,9-10,13,16H,2,7-8,11-12,14H2,1H3,(H2,20,27)(H2,21,22,24). The van der Waals surface area contributed by atoms with Crippen LogP contribution in [-0.2, 0) is 6.54 Å². The van der Waals surface area contributed by atoms with Crippen LogP contribution >= 0.6 is 0 Å². The first-order valence-electron chi connectivity index (χ1n) is 9.34. The predicted octanol–water partition coefficient (Wildman–Crippen LogP) is 1.47. The van der Waals surface area contributed by atoms with Crippen LogP contribution in [0.15, 0.2) is 47.7 Å². The summed E-state index contributed by atoms with van der Waals surface area (Å²) in [4.78, 5) is 17.6. The molecule has 1 aliphatic rings. The molecular formula is C19H27N7O. The maximum absolute atomic E-state index is 11.2. The Morgan fingerprint density at radius 1 is 1.33 bits per heavy atom. The first-order chi connectivity index (χ1) is 13.2. The van der Waals surface area contributed by atoms with Gasteiger partial charge in [-0.15, -0.1) is 0 Å². The van der Waals surface area contributed by atoms with Crippen molar-refractivity contribution in [3.8, 4) is 5.69 Å². The Balaban J connectivity index is 1.61. The van der Waals surface area contributed by atoms with Crippen molar-refractivity contribution in [1.29, 1.82) is 0 Å². The van der Waals surface area contributed by atoms with Gasteiger partial charge in [0, 0.05) is 38.1 Å². The molecule has 4 N–H and O–H groups in total. The summed E-state index contributed by atoms with van der Waals surface area (Å²) >= 11 is 0. The molecule has 1 aliphatic heterocycles. The number of nitrogens with zero attached hydrogens (tertiary/aromatic N) is 4. The Hall–Kier alpha value is -3.03. The van der Waals surface area contributed by atoms with Gasteiger partial charge in [-0.05, 0) is 43.5 Å². The molecule has 3 rings (SSSR count). The van der Waals surface area contributed by atoms with Crippen molar-refractivity contribution >= 4 is 12.0 Å². The molecule has 0 atom stereocenters. The van der Waals surface area contributed by atoms with E-state index >= 15 is 0 Å². The summed E-state index contributed by atoms with van der Waals surface area (Å²) in [5, 5.41) is 11.0. The highest BCUT2D eigenvalue weighted by atomic mass is 16.2. The van der Waals surface area contributed by atoms with Crippen molar-refractivity contribution in [2.24, 2.45) is 10.7 Å². The third-order valence-corrected chi connectivity index (χ3v) is 4.59. The molecular weight excluding hydrogens is 342 g/mol. The van der Waals surface area contributed by atoms with E-state index in [0.717, 1.165) is 36.6 Å². The number of likely N-dealkylation sites (tertiary alicyclic amines) is 1. The number of hydrogen-bond acceptors (Lipinski definition) is 3. The van der Waals surface area contributed by atoms with Gasteiger partial charge in [-0.2, -0.15) is 5.10 Å². The molecule has 8 nitrogen and oxygen atoms in total. The van der Waals surface area contributed by atoms with E-state index in [9.17, 15) is 4.79 Å². The highest BCUT2D eigenvalue weighted by molar-refractivity contribution is 5.80. The van der Waals surface area contributed by atoms with Crippen molar-refractivity contribution in [3.05, 3.63) is 48.3 Å². The lowest BCUT2D eigenvalue weighted by molar-refractivity contribution is 0.188. The highest BCUT2D eigenvalue weighted by Crippen LogP contribution is 2.12. The summed E-state index contributed by atoms with van der Waals surface area (Å²) < 4.78 is 1.84. The summed E-state index contributed by atoms with van der Waals surface area (Å²) in [5.41, 5.74) is 7.48. The lowest BCUT2D eigenvalue weighted by Crippen LogP contribution is -2.50. The normalized spacial score (nSPS) is 15.6. The second-order valence-corrected chi connectivity index (χ2v) is 6.56. The van der Waals surface area contributed by atoms with Crippen LogP contribution in [0.3, 0.4) is 0 Å². The Labute approximate surface area is 159 Å². The number of aromatic nitrogens is 2. The number of aliphatic imine (C=N–C) groups is 1. The fraction of sp³-hybridized carbons (Fsp3) is 0.421. The fourth-order valence-corrected chi connectivity index (χ4v) is 3.15. The molecule has 0 radical (unpaired) electrons. The average molecular weight is 369 g/mol. The third-order valence-electron chi connectivity index (χ3n) is 4.59. The molecule has 0 aliphatic carbocycles. The predicted molar refractivity (Wildman–Crippen MR) is 106 cm³/mol. The van der Waals surface area contributed by atoms with Crippen LogP contribution < -0.4 is 16.4 Å². The number of carbonyl (C=O) groups is 1. The van der Waals surface area contributed by atoms with E-state index in [1.807, 2.05) is 36.0 Å². The topological polar surface area (TPSA) is 101 Å². The number of nitrogens with two attached hydrogens (primary N) is 1. The van der Waals surface area contributed by atoms with E-state index in [0.29, 0.717) is 19.6 Å². The van der Waals surface area contributed by atoms with Crippen LogP contribution in [0.25, 0.3) is 5.69 Å². The molecule has 0 spiro atoms. The van der Waals surface area contributed by atoms with Crippen LogP contribution in [0.2, 0.25) is 0 Å². The monoisotopic (exact) mass is 369 g/mol. The molecule has 1 aromatic heterocycles. The summed E-state index contributed by atoms with van der Waals surface area (Å²) in [6.07, 6.45) is 5.41. The molecule has 27 heavy (non-hydrogen) atoms. The van der Waals surface area contributed by atoms with Gasteiger partial charge < -0.3 is 21.3 Å². The molecule has 2 amide bonds. The fourth-order valence-electron chi connectivity index (χ4n) is 3.15. The van der Waals surface area contributed by atoms with Gasteiger partial charge in [0.05, 0.1) is 12.2 Å². The molecule has 0 bridgehead atoms. The van der Waals surface area contributed by atoms with Gasteiger partial charge in [0.1, 0.15) is 0 Å². The lowest BCUT2D eigenvalue weighted by atomic mass is 10.1. The number of nitrogens with one attached hydrogen (secondary N) is 2. The smallest absolute Gasteiger partial charge is 0.314 e. The first-order valence-corrected chi connectivity index (χ1v) is 9.34. The van der Waals surface area contributed by atoms with Gasteiger partial charge in [0.2, 0.25) is 0 Å². The quantitative estimate of drug-likeness (QED) is 0.549. The molecule has 1 saturated heterocycles. The number of urea groups is 1. The minimum Gasteiger partial charge on any atom is -0.357 e. The summed E-state index contributed by atoms with van der Waals surface area (Å²) in [6, 6.07) is 10.0. The van der Waals surface area contributed by atoms with Crippen LogP contribution in [0.1, 0.15) is 25.3 Å². The van der Waals surface area contributed by atoms with E-state index in [1.165, 1.54) is 0 Å². The van der Waals surface area contributed by atoms with Crippen molar-refractivity contribution in [2.45, 2.75) is 32.4 Å². The number of piperidine rings is 1. The van der Waals surface area contributed by atoms with Gasteiger partial charge in [-0.25, -0.2) is 14.5 Å². The third kappa shape index (κ3) is 5.22. The van der Waals surface area contributed by atoms with Crippen LogP contribution in [0, 0.1) is 0 Å². The molecule has 8 heteroatoms. The molecule has 2 heterocycles. The zero-order valence-corrected chi connectivity index (χ0v) is 15.6. The molecule has 0 saturated carbocycles. The Morgan fingerprint density at radius 2 is 2.15 bits per heavy atom. The summed E-state index contributed by atoms with van der Waals surface area (Å²) in [5.74, 6) is 0.791.